The van der Waals surface area contributed by atoms with Crippen LogP contribution in [0.1, 0.15) is 13.2 Å². The summed E-state index contributed by atoms with van der Waals surface area (Å²) in [6.07, 6.45) is -3.89. The summed E-state index contributed by atoms with van der Waals surface area (Å²) in [5.74, 6) is -1.07. The van der Waals surface area contributed by atoms with Gasteiger partial charge in [0.25, 0.3) is 5.13 Å². The topological polar surface area (TPSA) is 196 Å². The number of aliphatic hydroxyl groups is 1. The maximum absolute atomic E-state index is 15.6. The Morgan fingerprint density at radius 3 is 2.76 bits per heavy atom. The van der Waals surface area contributed by atoms with Crippen molar-refractivity contribution >= 4 is 48.2 Å². The Morgan fingerprint density at radius 1 is 1.41 bits per heavy atom. The summed E-state index contributed by atoms with van der Waals surface area (Å²) in [5, 5.41) is 22.0. The fourth-order valence-corrected chi connectivity index (χ4v) is 5.36. The molecule has 0 amide bonds. The molecule has 17 heteroatoms. The van der Waals surface area contributed by atoms with Crippen LogP contribution in [-0.2, 0) is 18.6 Å². The first-order valence-electron chi connectivity index (χ1n) is 10.8. The highest BCUT2D eigenvalue weighted by molar-refractivity contribution is 7.52. The maximum atomic E-state index is 15.6. The van der Waals surface area contributed by atoms with Crippen molar-refractivity contribution in [2.24, 2.45) is 0 Å². The third kappa shape index (κ3) is 5.46. The lowest BCUT2D eigenvalue weighted by Crippen LogP contribution is -2.39. The van der Waals surface area contributed by atoms with Gasteiger partial charge in [-0.05, 0) is 19.1 Å². The van der Waals surface area contributed by atoms with E-state index in [-0.39, 0.29) is 28.7 Å². The van der Waals surface area contributed by atoms with Crippen LogP contribution < -0.4 is 20.7 Å². The molecule has 0 spiro atoms. The minimum absolute atomic E-state index is 0.0772. The van der Waals surface area contributed by atoms with Gasteiger partial charge in [-0.25, -0.2) is 13.9 Å². The fourth-order valence-electron chi connectivity index (χ4n) is 3.56. The minimum atomic E-state index is -4.36. The number of para-hydroxylation sites is 1. The zero-order valence-corrected chi connectivity index (χ0v) is 21.1. The van der Waals surface area contributed by atoms with E-state index in [1.54, 1.807) is 25.2 Å². The first kappa shape index (κ1) is 27.0. The monoisotopic (exact) mass is 559 g/mol. The van der Waals surface area contributed by atoms with Gasteiger partial charge in [0, 0.05) is 7.05 Å². The van der Waals surface area contributed by atoms with Gasteiger partial charge < -0.3 is 30.5 Å². The molecule has 200 valence electrons. The van der Waals surface area contributed by atoms with Crippen molar-refractivity contribution in [2.75, 3.05) is 24.7 Å². The van der Waals surface area contributed by atoms with Crippen molar-refractivity contribution in [1.29, 1.82) is 0 Å². The number of ether oxygens (including phenoxy) is 1. The quantitative estimate of drug-likeness (QED) is 0.178. The number of nitrogens with zero attached hydrogens (tertiary/aromatic N) is 4. The number of imidazole rings is 1. The van der Waals surface area contributed by atoms with E-state index in [0.29, 0.717) is 0 Å². The lowest BCUT2D eigenvalue weighted by Gasteiger charge is -2.24. The molecular weight excluding hydrogens is 536 g/mol. The number of aliphatic carboxylic acids is 1. The number of carbonyl (C=O) groups is 1. The maximum Gasteiger partial charge on any atom is 0.459 e. The van der Waals surface area contributed by atoms with Crippen molar-refractivity contribution in [3.8, 4) is 5.75 Å². The molecule has 37 heavy (non-hydrogen) atoms. The van der Waals surface area contributed by atoms with Gasteiger partial charge in [-0.2, -0.15) is 15.1 Å². The summed E-state index contributed by atoms with van der Waals surface area (Å²) >= 11 is 6.06. The molecule has 1 fully saturated rings. The van der Waals surface area contributed by atoms with Gasteiger partial charge in [-0.3, -0.25) is 13.9 Å². The highest BCUT2D eigenvalue weighted by Crippen LogP contribution is 2.49. The van der Waals surface area contributed by atoms with Crippen LogP contribution in [0.2, 0.25) is 0 Å². The zero-order valence-electron chi connectivity index (χ0n) is 19.5. The highest BCUT2D eigenvalue weighted by atomic mass is 35.5. The zero-order chi connectivity index (χ0) is 27.0. The molecular formula is C20H24ClFN7O7P. The summed E-state index contributed by atoms with van der Waals surface area (Å²) in [6.45, 7) is 0.539. The number of hydrogen-bond donors (Lipinski definition) is 5. The molecule has 0 aliphatic carbocycles. The lowest BCUT2D eigenvalue weighted by molar-refractivity contribution is -0.138. The summed E-state index contributed by atoms with van der Waals surface area (Å²) in [7, 11) is -2.78. The number of carboxylic acids is 1. The van der Waals surface area contributed by atoms with E-state index >= 15 is 4.39 Å². The molecule has 0 bridgehead atoms. The molecule has 0 radical (unpaired) electrons. The van der Waals surface area contributed by atoms with Crippen LogP contribution in [0.3, 0.4) is 0 Å². The average Bonchev–Trinajstić information content (AvgIpc) is 3.35. The van der Waals surface area contributed by atoms with Gasteiger partial charge in [-0.15, -0.1) is 0 Å². The second kappa shape index (κ2) is 10.4. The number of nitrogen functional groups attached to an aromatic ring is 1. The number of nitrogens with one attached hydrogen (secondary N) is 2. The molecule has 3 aromatic rings. The number of hydrogen-bond acceptors (Lipinski definition) is 11. The van der Waals surface area contributed by atoms with E-state index in [2.05, 4.69) is 25.4 Å². The van der Waals surface area contributed by atoms with Crippen LogP contribution in [-0.4, -0.2) is 72.7 Å². The van der Waals surface area contributed by atoms with Crippen LogP contribution in [0.5, 0.6) is 5.75 Å². The third-order valence-electron chi connectivity index (χ3n) is 5.41. The fraction of sp³-hybridized carbons (Fsp3) is 0.400. The van der Waals surface area contributed by atoms with Crippen molar-refractivity contribution < 1.29 is 37.7 Å². The van der Waals surface area contributed by atoms with Crippen LogP contribution >= 0.6 is 19.3 Å². The highest BCUT2D eigenvalue weighted by Gasteiger charge is 2.58. The molecule has 1 aromatic carbocycles. The second-order valence-electron chi connectivity index (χ2n) is 8.04. The number of carboxylic acid groups (broad SMARTS) is 1. The van der Waals surface area contributed by atoms with Gasteiger partial charge >= 0.3 is 13.7 Å². The average molecular weight is 560 g/mol. The Balaban J connectivity index is 1.58. The van der Waals surface area contributed by atoms with Gasteiger partial charge in [0.2, 0.25) is 5.95 Å². The van der Waals surface area contributed by atoms with Crippen LogP contribution in [0.4, 0.5) is 16.2 Å². The number of benzene rings is 1. The molecule has 1 aliphatic rings. The molecule has 2 aromatic heterocycles. The number of aliphatic hydroxyl groups excluding tert-OH is 1. The Labute approximate surface area is 214 Å². The molecule has 14 nitrogen and oxygen atoms in total. The largest absolute Gasteiger partial charge is 0.480 e. The Bertz CT molecular complexity index is 1330. The summed E-state index contributed by atoms with van der Waals surface area (Å²) in [5.41, 5.74) is 6.06. The number of rotatable bonds is 10. The third-order valence-corrected chi connectivity index (χ3v) is 7.46. The number of anilines is 2. The molecule has 0 saturated carbocycles. The smallest absolute Gasteiger partial charge is 0.459 e. The number of alkyl halides is 2. The molecule has 1 aliphatic heterocycles. The number of fused-ring (bicyclic) bond motifs is 1. The Morgan fingerprint density at radius 2 is 2.11 bits per heavy atom. The van der Waals surface area contributed by atoms with E-state index < -0.39 is 49.9 Å². The SMILES string of the molecule is CNc1nc(N)nc2c1ncn2[C@@H]1O[C@H](CO[P@@](=O)(NC(C)C(=O)O)Oc2ccccc2)[C@@H](O)[C@@]1(F)Cl. The number of aromatic nitrogens is 4. The first-order chi connectivity index (χ1) is 17.4. The van der Waals surface area contributed by atoms with E-state index in [0.717, 1.165) is 4.57 Å². The first-order valence-corrected chi connectivity index (χ1v) is 12.8. The summed E-state index contributed by atoms with van der Waals surface area (Å²) in [4.78, 5) is 23.5. The predicted octanol–water partition coefficient (Wildman–Crippen LogP) is 1.88. The molecule has 1 unspecified atom stereocenters. The van der Waals surface area contributed by atoms with Crippen molar-refractivity contribution in [3.05, 3.63) is 36.7 Å². The number of halogens is 2. The van der Waals surface area contributed by atoms with Crippen molar-refractivity contribution in [2.45, 2.75) is 36.5 Å². The van der Waals surface area contributed by atoms with Gasteiger partial charge in [0.1, 0.15) is 24.0 Å². The van der Waals surface area contributed by atoms with E-state index in [1.165, 1.54) is 25.4 Å². The van der Waals surface area contributed by atoms with E-state index in [4.69, 9.17) is 31.1 Å². The van der Waals surface area contributed by atoms with Gasteiger partial charge in [0.15, 0.2) is 23.2 Å². The van der Waals surface area contributed by atoms with Crippen LogP contribution in [0.15, 0.2) is 36.7 Å². The van der Waals surface area contributed by atoms with E-state index in [9.17, 15) is 19.6 Å². The molecule has 4 rings (SSSR count). The Kier molecular flexibility index (Phi) is 7.55. The normalized spacial score (nSPS) is 26.0. The van der Waals surface area contributed by atoms with Crippen molar-refractivity contribution in [3.63, 3.8) is 0 Å². The van der Waals surface area contributed by atoms with Gasteiger partial charge in [-0.1, -0.05) is 29.8 Å². The van der Waals surface area contributed by atoms with E-state index in [1.807, 2.05) is 0 Å². The lowest BCUT2D eigenvalue weighted by atomic mass is 10.1. The predicted molar refractivity (Wildman–Crippen MR) is 130 cm³/mol. The summed E-state index contributed by atoms with van der Waals surface area (Å²) in [6, 6.07) is 6.50. The molecule has 1 saturated heterocycles. The molecule has 6 atom stereocenters. The molecule has 3 heterocycles. The van der Waals surface area contributed by atoms with Gasteiger partial charge in [0.05, 0.1) is 12.9 Å². The van der Waals surface area contributed by atoms with Crippen LogP contribution in [0, 0.1) is 0 Å². The second-order valence-corrected chi connectivity index (χ2v) is 10.3. The van der Waals surface area contributed by atoms with Crippen molar-refractivity contribution in [1.82, 2.24) is 24.6 Å². The standard InChI is InChI=1S/C20H24ClFN7O7P/c1-10(17(31)32)28-37(33,36-11-6-4-3-5-7-11)34-8-12-14(30)20(21,22)18(35-12)29-9-25-13-15(24-2)26-19(23)27-16(13)29/h3-7,9-10,12,14,18,30H,8H2,1-2H3,(H,28,33)(H,31,32)(H3,23,24,26,27)/t10?,12-,14-,18-,20+,37+/m1/s1. The number of nitrogens with two attached hydrogens (primary N) is 1. The Hall–Kier alpha value is -3.07. The summed E-state index contributed by atoms with van der Waals surface area (Å²) < 4.78 is 46.5. The van der Waals surface area contributed by atoms with Crippen LogP contribution in [0.25, 0.3) is 11.2 Å². The molecule has 6 N–H and O–H groups in total. The minimum Gasteiger partial charge on any atom is -0.480 e.